The van der Waals surface area contributed by atoms with Gasteiger partial charge in [-0.1, -0.05) is 19.0 Å². The molecule has 1 fully saturated rings. The maximum absolute atomic E-state index is 13.3. The second-order valence-electron chi connectivity index (χ2n) is 7.47. The SMILES string of the molecule is C#CCO[C@H]1C[C@@](n2cc(C(F)(F)F)c(=O)[nH]c2=O)([SiH](C)C)O[C@@H]1COC(C)C. The number of ether oxygens (including phenoxy) is 3. The van der Waals surface area contributed by atoms with Crippen LogP contribution in [0.4, 0.5) is 13.2 Å². The van der Waals surface area contributed by atoms with Gasteiger partial charge in [0.1, 0.15) is 23.6 Å². The molecule has 1 aliphatic rings. The summed E-state index contributed by atoms with van der Waals surface area (Å²) in [6, 6.07) is 0. The minimum Gasteiger partial charge on any atom is -0.376 e. The first-order valence-electron chi connectivity index (χ1n) is 9.20. The normalized spacial score (nSPS) is 25.0. The van der Waals surface area contributed by atoms with Crippen molar-refractivity contribution in [3.8, 4) is 12.3 Å². The molecule has 3 atom stereocenters. The van der Waals surface area contributed by atoms with Gasteiger partial charge in [0.2, 0.25) is 0 Å². The Hall–Kier alpha value is -1.87. The Morgan fingerprint density at radius 2 is 2.10 bits per heavy atom. The van der Waals surface area contributed by atoms with Crippen LogP contribution in [-0.2, 0) is 25.7 Å². The second kappa shape index (κ2) is 8.87. The van der Waals surface area contributed by atoms with Crippen molar-refractivity contribution in [2.45, 2.75) is 63.2 Å². The first-order chi connectivity index (χ1) is 13.4. The number of halogens is 3. The molecular weight excluding hydrogens is 409 g/mol. The monoisotopic (exact) mass is 434 g/mol. The third kappa shape index (κ3) is 5.00. The summed E-state index contributed by atoms with van der Waals surface area (Å²) in [6.45, 7) is 7.46. The number of aromatic amines is 1. The van der Waals surface area contributed by atoms with Crippen LogP contribution < -0.4 is 11.2 Å². The molecule has 0 bridgehead atoms. The zero-order valence-corrected chi connectivity index (χ0v) is 17.9. The van der Waals surface area contributed by atoms with Crippen LogP contribution in [0.15, 0.2) is 15.8 Å². The quantitative estimate of drug-likeness (QED) is 0.519. The average Bonchev–Trinajstić information content (AvgIpc) is 2.96. The van der Waals surface area contributed by atoms with Gasteiger partial charge in [-0.25, -0.2) is 4.79 Å². The second-order valence-corrected chi connectivity index (χ2v) is 10.7. The van der Waals surface area contributed by atoms with Gasteiger partial charge < -0.3 is 14.2 Å². The Labute approximate surface area is 167 Å². The van der Waals surface area contributed by atoms with Crippen molar-refractivity contribution in [2.24, 2.45) is 0 Å². The molecule has 0 aliphatic carbocycles. The van der Waals surface area contributed by atoms with Crippen molar-refractivity contribution in [1.82, 2.24) is 9.55 Å². The van der Waals surface area contributed by atoms with Gasteiger partial charge in [0, 0.05) is 12.6 Å². The number of alkyl halides is 3. The molecule has 1 N–H and O–H groups in total. The molecular formula is C18H25F3N2O5Si. The van der Waals surface area contributed by atoms with Crippen LogP contribution in [0.2, 0.25) is 13.1 Å². The predicted octanol–water partition coefficient (Wildman–Crippen LogP) is 1.47. The Kier molecular flexibility index (Phi) is 7.16. The maximum atomic E-state index is 13.3. The van der Waals surface area contributed by atoms with Crippen molar-refractivity contribution in [3.63, 3.8) is 0 Å². The van der Waals surface area contributed by atoms with Gasteiger partial charge in [0.15, 0.2) is 0 Å². The van der Waals surface area contributed by atoms with E-state index in [2.05, 4.69) is 5.92 Å². The molecule has 0 spiro atoms. The molecule has 0 radical (unpaired) electrons. The predicted molar refractivity (Wildman–Crippen MR) is 102 cm³/mol. The summed E-state index contributed by atoms with van der Waals surface area (Å²) in [5.41, 5.74) is -3.92. The van der Waals surface area contributed by atoms with Gasteiger partial charge in [-0.3, -0.25) is 14.3 Å². The highest BCUT2D eigenvalue weighted by molar-refractivity contribution is 6.58. The molecule has 29 heavy (non-hydrogen) atoms. The molecule has 0 saturated carbocycles. The van der Waals surface area contributed by atoms with Gasteiger partial charge in [0.25, 0.3) is 5.56 Å². The first-order valence-corrected chi connectivity index (χ1v) is 12.1. The fraction of sp³-hybridized carbons (Fsp3) is 0.667. The minimum absolute atomic E-state index is 0.0176. The summed E-state index contributed by atoms with van der Waals surface area (Å²) in [7, 11) is -2.00. The summed E-state index contributed by atoms with van der Waals surface area (Å²) in [6.07, 6.45) is -0.307. The van der Waals surface area contributed by atoms with Crippen molar-refractivity contribution in [1.29, 1.82) is 0 Å². The van der Waals surface area contributed by atoms with E-state index < -0.39 is 49.3 Å². The van der Waals surface area contributed by atoms with E-state index in [1.165, 1.54) is 0 Å². The van der Waals surface area contributed by atoms with E-state index in [1.54, 1.807) is 4.98 Å². The Bertz CT molecular complexity index is 874. The van der Waals surface area contributed by atoms with E-state index in [-0.39, 0.29) is 25.7 Å². The molecule has 2 heterocycles. The van der Waals surface area contributed by atoms with Crippen LogP contribution in [0, 0.1) is 12.3 Å². The van der Waals surface area contributed by atoms with Crippen LogP contribution in [0.1, 0.15) is 25.8 Å². The van der Waals surface area contributed by atoms with E-state index in [0.29, 0.717) is 6.20 Å². The Morgan fingerprint density at radius 1 is 1.45 bits per heavy atom. The van der Waals surface area contributed by atoms with Crippen LogP contribution >= 0.6 is 0 Å². The molecule has 1 aromatic heterocycles. The number of rotatable bonds is 7. The largest absolute Gasteiger partial charge is 0.423 e. The Balaban J connectivity index is 2.55. The first kappa shape index (κ1) is 23.4. The number of aromatic nitrogens is 2. The third-order valence-corrected chi connectivity index (χ3v) is 7.25. The highest BCUT2D eigenvalue weighted by Gasteiger charge is 2.52. The highest BCUT2D eigenvalue weighted by Crippen LogP contribution is 2.39. The number of hydrogen-bond donors (Lipinski definition) is 1. The average molecular weight is 434 g/mol. The Morgan fingerprint density at radius 3 is 2.62 bits per heavy atom. The molecule has 0 amide bonds. The molecule has 11 heteroatoms. The molecule has 162 valence electrons. The lowest BCUT2D eigenvalue weighted by Gasteiger charge is -2.35. The van der Waals surface area contributed by atoms with E-state index in [0.717, 1.165) is 4.57 Å². The molecule has 1 aromatic rings. The summed E-state index contributed by atoms with van der Waals surface area (Å²) in [4.78, 5) is 25.9. The number of nitrogens with zero attached hydrogens (tertiary/aromatic N) is 1. The van der Waals surface area contributed by atoms with Gasteiger partial charge in [-0.2, -0.15) is 13.2 Å². The number of terminal acetylenes is 1. The summed E-state index contributed by atoms with van der Waals surface area (Å²) >= 11 is 0. The van der Waals surface area contributed by atoms with Crippen LogP contribution in [0.25, 0.3) is 0 Å². The fourth-order valence-electron chi connectivity index (χ4n) is 3.32. The fourth-order valence-corrected chi connectivity index (χ4v) is 5.21. The van der Waals surface area contributed by atoms with Gasteiger partial charge in [-0.05, 0) is 13.8 Å². The topological polar surface area (TPSA) is 82.6 Å². The smallest absolute Gasteiger partial charge is 0.376 e. The van der Waals surface area contributed by atoms with Gasteiger partial charge >= 0.3 is 11.9 Å². The third-order valence-electron chi connectivity index (χ3n) is 4.80. The molecule has 1 aliphatic heterocycles. The lowest BCUT2D eigenvalue weighted by atomic mass is 10.1. The molecule has 0 unspecified atom stereocenters. The number of hydrogen-bond acceptors (Lipinski definition) is 5. The van der Waals surface area contributed by atoms with Crippen molar-refractivity contribution in [2.75, 3.05) is 13.2 Å². The highest BCUT2D eigenvalue weighted by atomic mass is 28.3. The molecule has 7 nitrogen and oxygen atoms in total. The van der Waals surface area contributed by atoms with E-state index in [9.17, 15) is 22.8 Å². The van der Waals surface area contributed by atoms with Crippen LogP contribution in [-0.4, -0.2) is 49.9 Å². The number of H-pyrrole nitrogens is 1. The van der Waals surface area contributed by atoms with Crippen molar-refractivity contribution >= 4 is 8.80 Å². The van der Waals surface area contributed by atoms with E-state index in [4.69, 9.17) is 20.6 Å². The van der Waals surface area contributed by atoms with Gasteiger partial charge in [-0.15, -0.1) is 6.42 Å². The lowest BCUT2D eigenvalue weighted by molar-refractivity contribution is -0.140. The van der Waals surface area contributed by atoms with E-state index >= 15 is 0 Å². The van der Waals surface area contributed by atoms with Crippen LogP contribution in [0.3, 0.4) is 0 Å². The van der Waals surface area contributed by atoms with E-state index in [1.807, 2.05) is 26.9 Å². The lowest BCUT2D eigenvalue weighted by Crippen LogP contribution is -2.52. The van der Waals surface area contributed by atoms with Crippen LogP contribution in [0.5, 0.6) is 0 Å². The zero-order valence-electron chi connectivity index (χ0n) is 16.7. The zero-order chi connectivity index (χ0) is 22.0. The number of nitrogens with one attached hydrogen (secondary N) is 1. The summed E-state index contributed by atoms with van der Waals surface area (Å²) in [5, 5.41) is -1.34. The molecule has 2 rings (SSSR count). The van der Waals surface area contributed by atoms with Crippen molar-refractivity contribution < 1.29 is 27.4 Å². The maximum Gasteiger partial charge on any atom is 0.423 e. The molecule has 1 saturated heterocycles. The van der Waals surface area contributed by atoms with Gasteiger partial charge in [0.05, 0.1) is 27.6 Å². The minimum atomic E-state index is -4.92. The molecule has 0 aromatic carbocycles. The standard InChI is InChI=1S/C18H25F3N2O5Si/c1-6-7-26-13-8-17(29(4)5,28-14(13)10-27-11(2)3)23-9-12(18(19,20)21)15(24)22-16(23)25/h1,9,11,13-14,29H,7-8,10H2,2-5H3,(H,22,24,25)/t13-,14+,17-/m0/s1. The van der Waals surface area contributed by atoms with Crippen molar-refractivity contribution in [3.05, 3.63) is 32.6 Å². The summed E-state index contributed by atoms with van der Waals surface area (Å²) < 4.78 is 58.1. The summed E-state index contributed by atoms with van der Waals surface area (Å²) in [5.74, 6) is 2.35.